The Bertz CT molecular complexity index is 1230. The number of allylic oxidation sites excluding steroid dienone is 2. The standard InChI is InChI=1S/C28H24F4O4/c1-34-26(33)24-12-7-19(16-25(24)36-23-5-3-2-4-6-23)15-21(29)17-27(13-14-27)20-8-10-22(11-9-20)35-18-28(30,31)32/h2-12,16-17H,13-15,18H2,1H3/b21-17-. The summed E-state index contributed by atoms with van der Waals surface area (Å²) in [6.45, 7) is -1.36. The van der Waals surface area contributed by atoms with Gasteiger partial charge in [0.25, 0.3) is 0 Å². The number of halogens is 4. The van der Waals surface area contributed by atoms with Gasteiger partial charge in [-0.3, -0.25) is 0 Å². The molecule has 1 aliphatic rings. The van der Waals surface area contributed by atoms with E-state index in [2.05, 4.69) is 0 Å². The van der Waals surface area contributed by atoms with Crippen molar-refractivity contribution in [1.29, 1.82) is 0 Å². The van der Waals surface area contributed by atoms with Gasteiger partial charge in [-0.15, -0.1) is 0 Å². The highest BCUT2D eigenvalue weighted by Crippen LogP contribution is 2.50. The molecular weight excluding hydrogens is 476 g/mol. The number of carbonyl (C=O) groups is 1. The van der Waals surface area contributed by atoms with E-state index in [0.29, 0.717) is 11.3 Å². The Kier molecular flexibility index (Phi) is 7.33. The van der Waals surface area contributed by atoms with Gasteiger partial charge >= 0.3 is 12.1 Å². The Morgan fingerprint density at radius 1 is 0.972 bits per heavy atom. The van der Waals surface area contributed by atoms with Gasteiger partial charge in [-0.05, 0) is 66.4 Å². The Morgan fingerprint density at radius 3 is 2.28 bits per heavy atom. The Balaban J connectivity index is 1.50. The molecule has 0 amide bonds. The van der Waals surface area contributed by atoms with Gasteiger partial charge in [0.15, 0.2) is 6.61 Å². The molecule has 0 bridgehead atoms. The number of ether oxygens (including phenoxy) is 3. The molecule has 1 aliphatic carbocycles. The number of rotatable bonds is 9. The predicted octanol–water partition coefficient (Wildman–Crippen LogP) is 7.33. The largest absolute Gasteiger partial charge is 0.484 e. The van der Waals surface area contributed by atoms with E-state index in [4.69, 9.17) is 14.2 Å². The fraction of sp³-hybridized carbons (Fsp3) is 0.250. The fourth-order valence-corrected chi connectivity index (χ4v) is 3.90. The maximum Gasteiger partial charge on any atom is 0.422 e. The molecule has 1 saturated carbocycles. The molecule has 0 radical (unpaired) electrons. The smallest absolute Gasteiger partial charge is 0.422 e. The van der Waals surface area contributed by atoms with Gasteiger partial charge < -0.3 is 14.2 Å². The Morgan fingerprint density at radius 2 is 1.67 bits per heavy atom. The van der Waals surface area contributed by atoms with Crippen LogP contribution >= 0.6 is 0 Å². The quantitative estimate of drug-likeness (QED) is 0.228. The molecule has 0 unspecified atom stereocenters. The van der Waals surface area contributed by atoms with Crippen LogP contribution in [0.4, 0.5) is 17.6 Å². The van der Waals surface area contributed by atoms with Gasteiger partial charge in [-0.1, -0.05) is 36.4 Å². The van der Waals surface area contributed by atoms with Gasteiger partial charge in [0.1, 0.15) is 28.6 Å². The maximum absolute atomic E-state index is 15.1. The van der Waals surface area contributed by atoms with E-state index in [-0.39, 0.29) is 29.3 Å². The summed E-state index contributed by atoms with van der Waals surface area (Å²) in [5.41, 5.74) is 1.14. The van der Waals surface area contributed by atoms with Gasteiger partial charge in [0, 0.05) is 11.8 Å². The number of hydrogen-bond donors (Lipinski definition) is 0. The molecule has 8 heteroatoms. The van der Waals surface area contributed by atoms with Crippen LogP contribution in [0.3, 0.4) is 0 Å². The third-order valence-electron chi connectivity index (χ3n) is 5.85. The lowest BCUT2D eigenvalue weighted by molar-refractivity contribution is -0.153. The zero-order valence-electron chi connectivity index (χ0n) is 19.5. The van der Waals surface area contributed by atoms with Crippen molar-refractivity contribution in [1.82, 2.24) is 0 Å². The van der Waals surface area contributed by atoms with Gasteiger partial charge in [0.2, 0.25) is 0 Å². The second-order valence-corrected chi connectivity index (χ2v) is 8.59. The van der Waals surface area contributed by atoms with E-state index in [1.165, 1.54) is 19.2 Å². The van der Waals surface area contributed by atoms with E-state index in [0.717, 1.165) is 18.4 Å². The highest BCUT2D eigenvalue weighted by atomic mass is 19.4. The van der Waals surface area contributed by atoms with E-state index < -0.39 is 24.2 Å². The van der Waals surface area contributed by atoms with Crippen molar-refractivity contribution in [2.24, 2.45) is 0 Å². The van der Waals surface area contributed by atoms with Crippen LogP contribution in [0.5, 0.6) is 17.2 Å². The lowest BCUT2D eigenvalue weighted by atomic mass is 9.94. The normalized spacial score (nSPS) is 14.8. The van der Waals surface area contributed by atoms with Crippen LogP contribution in [-0.2, 0) is 16.6 Å². The summed E-state index contributed by atoms with van der Waals surface area (Å²) in [4.78, 5) is 12.2. The summed E-state index contributed by atoms with van der Waals surface area (Å²) in [5.74, 6) is -0.0400. The van der Waals surface area contributed by atoms with Gasteiger partial charge in [0.05, 0.1) is 7.11 Å². The zero-order chi connectivity index (χ0) is 25.8. The third kappa shape index (κ3) is 6.44. The minimum atomic E-state index is -4.41. The van der Waals surface area contributed by atoms with Crippen LogP contribution in [0, 0.1) is 0 Å². The molecule has 0 aliphatic heterocycles. The number of para-hydroxylation sites is 1. The lowest BCUT2D eigenvalue weighted by Crippen LogP contribution is -2.19. The lowest BCUT2D eigenvalue weighted by Gasteiger charge is -2.14. The summed E-state index contributed by atoms with van der Waals surface area (Å²) in [7, 11) is 1.27. The number of alkyl halides is 3. The summed E-state index contributed by atoms with van der Waals surface area (Å²) in [6, 6.07) is 20.0. The zero-order valence-corrected chi connectivity index (χ0v) is 19.5. The number of methoxy groups -OCH3 is 1. The second-order valence-electron chi connectivity index (χ2n) is 8.59. The van der Waals surface area contributed by atoms with Crippen LogP contribution in [0.15, 0.2) is 84.7 Å². The van der Waals surface area contributed by atoms with Gasteiger partial charge in [-0.25, -0.2) is 9.18 Å². The van der Waals surface area contributed by atoms with Crippen LogP contribution < -0.4 is 9.47 Å². The van der Waals surface area contributed by atoms with Crippen LogP contribution in [0.2, 0.25) is 0 Å². The number of benzene rings is 3. The van der Waals surface area contributed by atoms with E-state index >= 15 is 4.39 Å². The highest BCUT2D eigenvalue weighted by molar-refractivity contribution is 5.92. The molecule has 0 N–H and O–H groups in total. The molecule has 0 atom stereocenters. The molecular formula is C28H24F4O4. The predicted molar refractivity (Wildman–Crippen MR) is 126 cm³/mol. The average molecular weight is 500 g/mol. The molecule has 4 rings (SSSR count). The van der Waals surface area contributed by atoms with Crippen LogP contribution in [-0.4, -0.2) is 25.9 Å². The molecule has 3 aromatic carbocycles. The molecule has 4 nitrogen and oxygen atoms in total. The number of esters is 1. The first-order valence-electron chi connectivity index (χ1n) is 11.3. The first-order valence-corrected chi connectivity index (χ1v) is 11.3. The third-order valence-corrected chi connectivity index (χ3v) is 5.85. The molecule has 36 heavy (non-hydrogen) atoms. The number of hydrogen-bond acceptors (Lipinski definition) is 4. The van der Waals surface area contributed by atoms with Gasteiger partial charge in [-0.2, -0.15) is 13.2 Å². The molecule has 0 heterocycles. The maximum atomic E-state index is 15.1. The van der Waals surface area contributed by atoms with Crippen molar-refractivity contribution in [3.63, 3.8) is 0 Å². The van der Waals surface area contributed by atoms with E-state index in [9.17, 15) is 18.0 Å². The molecule has 188 valence electrons. The van der Waals surface area contributed by atoms with Crippen molar-refractivity contribution >= 4 is 5.97 Å². The van der Waals surface area contributed by atoms with Crippen molar-refractivity contribution in [2.45, 2.75) is 30.9 Å². The summed E-state index contributed by atoms with van der Waals surface area (Å²) < 4.78 is 67.6. The second kappa shape index (κ2) is 10.4. The van der Waals surface area contributed by atoms with Crippen LogP contribution in [0.1, 0.15) is 34.3 Å². The molecule has 3 aromatic rings. The first-order chi connectivity index (χ1) is 17.2. The van der Waals surface area contributed by atoms with Crippen molar-refractivity contribution in [3.05, 3.63) is 101 Å². The summed E-state index contributed by atoms with van der Waals surface area (Å²) in [6.07, 6.45) is -1.41. The minimum absolute atomic E-state index is 0.0128. The average Bonchev–Trinajstić information content (AvgIpc) is 3.63. The van der Waals surface area contributed by atoms with E-state index in [1.54, 1.807) is 60.7 Å². The topological polar surface area (TPSA) is 44.8 Å². The Hall–Kier alpha value is -3.81. The summed E-state index contributed by atoms with van der Waals surface area (Å²) in [5, 5.41) is 0. The van der Waals surface area contributed by atoms with Crippen molar-refractivity contribution in [2.75, 3.05) is 13.7 Å². The summed E-state index contributed by atoms with van der Waals surface area (Å²) >= 11 is 0. The van der Waals surface area contributed by atoms with Crippen molar-refractivity contribution in [3.8, 4) is 17.2 Å². The fourth-order valence-electron chi connectivity index (χ4n) is 3.90. The molecule has 0 spiro atoms. The SMILES string of the molecule is COC(=O)c1ccc(C/C(F)=C/C2(c3ccc(OCC(F)(F)F)cc3)CC2)cc1Oc1ccccc1. The van der Waals surface area contributed by atoms with Crippen molar-refractivity contribution < 1.29 is 36.6 Å². The first kappa shape index (κ1) is 25.3. The number of carbonyl (C=O) groups excluding carboxylic acids is 1. The van der Waals surface area contributed by atoms with E-state index in [1.807, 2.05) is 6.07 Å². The Labute approximate surface area is 206 Å². The minimum Gasteiger partial charge on any atom is -0.484 e. The highest BCUT2D eigenvalue weighted by Gasteiger charge is 2.42. The molecule has 1 fully saturated rings. The molecule has 0 saturated heterocycles. The monoisotopic (exact) mass is 500 g/mol. The van der Waals surface area contributed by atoms with Crippen LogP contribution in [0.25, 0.3) is 0 Å². The molecule has 0 aromatic heterocycles.